The molecular weight excluding hydrogens is 150 g/mol. The van der Waals surface area contributed by atoms with Crippen LogP contribution in [0.1, 0.15) is 25.7 Å². The number of aliphatic hydroxyl groups excluding tert-OH is 1. The van der Waals surface area contributed by atoms with Crippen LogP contribution in [0.15, 0.2) is 0 Å². The number of aliphatic hydroxyl groups is 1. The molecule has 0 radical (unpaired) electrons. The average molecular weight is 164 g/mol. The first-order valence-corrected chi connectivity index (χ1v) is 3.64. The van der Waals surface area contributed by atoms with Gasteiger partial charge in [0.2, 0.25) is 0 Å². The first-order chi connectivity index (χ1) is 4.20. The quantitative estimate of drug-likeness (QED) is 0.552. The maximum atomic E-state index is 8.99. The monoisotopic (exact) mass is 163 g/mol. The number of rotatable bonds is 0. The van der Waals surface area contributed by atoms with Crippen LogP contribution in [0.5, 0.6) is 0 Å². The molecule has 0 aromatic carbocycles. The minimum Gasteiger partial charge on any atom is -0.393 e. The fourth-order valence-electron chi connectivity index (χ4n) is 2.33. The second-order valence-corrected chi connectivity index (χ2v) is 3.73. The molecule has 10 heavy (non-hydrogen) atoms. The second-order valence-electron chi connectivity index (χ2n) is 3.73. The normalized spacial score (nSPS) is 51.0. The molecule has 2 aliphatic carbocycles. The van der Waals surface area contributed by atoms with Gasteiger partial charge >= 0.3 is 0 Å². The topological polar surface area (TPSA) is 46.2 Å². The highest BCUT2D eigenvalue weighted by atomic mass is 35.5. The van der Waals surface area contributed by atoms with E-state index in [0.717, 1.165) is 25.7 Å². The molecule has 0 heterocycles. The fraction of sp³-hybridized carbons (Fsp3) is 1.00. The van der Waals surface area contributed by atoms with Crippen LogP contribution in [0.3, 0.4) is 0 Å². The first kappa shape index (κ1) is 8.31. The van der Waals surface area contributed by atoms with Gasteiger partial charge < -0.3 is 10.8 Å². The Balaban J connectivity index is 0.000000500. The maximum absolute atomic E-state index is 8.99. The molecule has 2 fully saturated rings. The third kappa shape index (κ3) is 1.04. The zero-order chi connectivity index (χ0) is 6.48. The summed E-state index contributed by atoms with van der Waals surface area (Å²) in [5.74, 6) is 0. The summed E-state index contributed by atoms with van der Waals surface area (Å²) in [6.07, 6.45) is 4.34. The lowest BCUT2D eigenvalue weighted by Gasteiger charge is -2.55. The van der Waals surface area contributed by atoms with E-state index < -0.39 is 0 Å². The summed E-state index contributed by atoms with van der Waals surface area (Å²) in [6, 6.07) is 0.442. The predicted molar refractivity (Wildman–Crippen MR) is 42.1 cm³/mol. The molecule has 0 aliphatic heterocycles. The van der Waals surface area contributed by atoms with Gasteiger partial charge in [-0.05, 0) is 31.1 Å². The molecule has 3 heteroatoms. The van der Waals surface area contributed by atoms with Crippen LogP contribution in [0.2, 0.25) is 0 Å². The molecule has 2 aliphatic rings. The van der Waals surface area contributed by atoms with E-state index in [-0.39, 0.29) is 18.5 Å². The molecule has 0 bridgehead atoms. The van der Waals surface area contributed by atoms with Crippen molar-refractivity contribution in [3.8, 4) is 0 Å². The predicted octanol–water partition coefficient (Wildman–Crippen LogP) is 0.670. The van der Waals surface area contributed by atoms with Crippen molar-refractivity contribution in [2.45, 2.75) is 37.8 Å². The Hall–Kier alpha value is 0.210. The zero-order valence-corrected chi connectivity index (χ0v) is 6.73. The van der Waals surface area contributed by atoms with Gasteiger partial charge in [0.1, 0.15) is 0 Å². The molecule has 0 saturated heterocycles. The molecule has 0 aromatic rings. The summed E-state index contributed by atoms with van der Waals surface area (Å²) in [7, 11) is 0. The van der Waals surface area contributed by atoms with Crippen LogP contribution in [0.25, 0.3) is 0 Å². The lowest BCUT2D eigenvalue weighted by Crippen LogP contribution is -2.55. The molecule has 0 unspecified atom stereocenters. The third-order valence-electron chi connectivity index (χ3n) is 2.73. The van der Waals surface area contributed by atoms with E-state index in [1.807, 2.05) is 0 Å². The number of nitrogens with two attached hydrogens (primary N) is 1. The van der Waals surface area contributed by atoms with E-state index in [4.69, 9.17) is 10.8 Å². The number of hydrogen-bond acceptors (Lipinski definition) is 2. The fourth-order valence-corrected chi connectivity index (χ4v) is 2.33. The molecule has 1 spiro atoms. The molecule has 0 aromatic heterocycles. The molecule has 2 saturated carbocycles. The lowest BCUT2D eigenvalue weighted by atomic mass is 9.53. The van der Waals surface area contributed by atoms with Crippen LogP contribution in [0.4, 0.5) is 0 Å². The Morgan fingerprint density at radius 3 is 2.00 bits per heavy atom. The average Bonchev–Trinajstić information content (AvgIpc) is 1.58. The van der Waals surface area contributed by atoms with Crippen molar-refractivity contribution in [1.29, 1.82) is 0 Å². The maximum Gasteiger partial charge on any atom is 0.0550 e. The molecule has 0 amide bonds. The van der Waals surface area contributed by atoms with Crippen molar-refractivity contribution in [1.82, 2.24) is 0 Å². The summed E-state index contributed by atoms with van der Waals surface area (Å²) < 4.78 is 0. The van der Waals surface area contributed by atoms with Gasteiger partial charge in [0, 0.05) is 6.04 Å². The molecule has 2 rings (SSSR count). The Morgan fingerprint density at radius 1 is 1.20 bits per heavy atom. The summed E-state index contributed by atoms with van der Waals surface area (Å²) in [5, 5.41) is 8.99. The van der Waals surface area contributed by atoms with E-state index >= 15 is 0 Å². The van der Waals surface area contributed by atoms with Crippen molar-refractivity contribution < 1.29 is 5.11 Å². The van der Waals surface area contributed by atoms with E-state index in [1.165, 1.54) is 0 Å². The Morgan fingerprint density at radius 2 is 1.70 bits per heavy atom. The van der Waals surface area contributed by atoms with Crippen LogP contribution in [-0.2, 0) is 0 Å². The van der Waals surface area contributed by atoms with Crippen molar-refractivity contribution in [2.24, 2.45) is 11.1 Å². The van der Waals surface area contributed by atoms with Crippen molar-refractivity contribution in [3.05, 3.63) is 0 Å². The van der Waals surface area contributed by atoms with Crippen LogP contribution < -0.4 is 5.73 Å². The highest BCUT2D eigenvalue weighted by Gasteiger charge is 2.51. The molecule has 2 nitrogen and oxygen atoms in total. The Kier molecular flexibility index (Phi) is 1.96. The highest BCUT2D eigenvalue weighted by molar-refractivity contribution is 5.85. The van der Waals surface area contributed by atoms with E-state index in [2.05, 4.69) is 0 Å². The van der Waals surface area contributed by atoms with E-state index in [1.54, 1.807) is 0 Å². The van der Waals surface area contributed by atoms with Crippen molar-refractivity contribution in [3.63, 3.8) is 0 Å². The van der Waals surface area contributed by atoms with Crippen LogP contribution in [-0.4, -0.2) is 17.3 Å². The lowest BCUT2D eigenvalue weighted by molar-refractivity contribution is -0.0903. The summed E-state index contributed by atoms with van der Waals surface area (Å²) in [5.41, 5.74) is 6.14. The molecule has 3 N–H and O–H groups in total. The number of hydrogen-bond donors (Lipinski definition) is 2. The van der Waals surface area contributed by atoms with Gasteiger partial charge in [0.25, 0.3) is 0 Å². The van der Waals surface area contributed by atoms with Crippen LogP contribution in [0, 0.1) is 5.41 Å². The summed E-state index contributed by atoms with van der Waals surface area (Å²) in [6.45, 7) is 0. The van der Waals surface area contributed by atoms with Gasteiger partial charge in [0.15, 0.2) is 0 Å². The molecule has 0 atom stereocenters. The van der Waals surface area contributed by atoms with Gasteiger partial charge in [-0.1, -0.05) is 0 Å². The molecule has 60 valence electrons. The van der Waals surface area contributed by atoms with Gasteiger partial charge in [0.05, 0.1) is 6.10 Å². The Bertz CT molecular complexity index is 108. The zero-order valence-electron chi connectivity index (χ0n) is 5.92. The smallest absolute Gasteiger partial charge is 0.0550 e. The van der Waals surface area contributed by atoms with Crippen molar-refractivity contribution >= 4 is 12.4 Å². The summed E-state index contributed by atoms with van der Waals surface area (Å²) in [4.78, 5) is 0. The van der Waals surface area contributed by atoms with Gasteiger partial charge in [-0.25, -0.2) is 0 Å². The van der Waals surface area contributed by atoms with E-state index in [9.17, 15) is 0 Å². The highest BCUT2D eigenvalue weighted by Crippen LogP contribution is 2.55. The van der Waals surface area contributed by atoms with E-state index in [0.29, 0.717) is 11.5 Å². The number of halogens is 1. The van der Waals surface area contributed by atoms with Gasteiger partial charge in [-0.3, -0.25) is 0 Å². The van der Waals surface area contributed by atoms with Crippen molar-refractivity contribution in [2.75, 3.05) is 0 Å². The van der Waals surface area contributed by atoms with Gasteiger partial charge in [-0.2, -0.15) is 0 Å². The third-order valence-corrected chi connectivity index (χ3v) is 2.73. The standard InChI is InChI=1S/C7H13NO.ClH/c8-5-1-7(2-5)3-6(9)4-7;/h5-6,9H,1-4,8H2;1H. The Labute approximate surface area is 67.2 Å². The van der Waals surface area contributed by atoms with Gasteiger partial charge in [-0.15, -0.1) is 12.4 Å². The summed E-state index contributed by atoms with van der Waals surface area (Å²) >= 11 is 0. The minimum atomic E-state index is -0.00231. The largest absolute Gasteiger partial charge is 0.393 e. The first-order valence-electron chi connectivity index (χ1n) is 3.64. The SMILES string of the molecule is Cl.NC1CC2(C1)CC(O)C2. The minimum absolute atomic E-state index is 0. The second kappa shape index (κ2) is 2.36. The van der Waals surface area contributed by atoms with Crippen LogP contribution >= 0.6 is 12.4 Å². The molecular formula is C7H14ClNO.